The summed E-state index contributed by atoms with van der Waals surface area (Å²) in [5.41, 5.74) is 1.60. The number of urea groups is 1. The SMILES string of the molecule is COc1ccc(Oc2ccnc(N3CCC(NC(=O)Nc4cccnc4)CC3)c2Cl)c(C)c1. The predicted molar refractivity (Wildman–Crippen MR) is 129 cm³/mol. The number of benzene rings is 1. The summed E-state index contributed by atoms with van der Waals surface area (Å²) >= 11 is 6.67. The highest BCUT2D eigenvalue weighted by Gasteiger charge is 2.24. The van der Waals surface area contributed by atoms with Crippen LogP contribution in [0, 0.1) is 6.92 Å². The normalized spacial score (nSPS) is 14.0. The van der Waals surface area contributed by atoms with Gasteiger partial charge < -0.3 is 25.0 Å². The van der Waals surface area contributed by atoms with Gasteiger partial charge in [-0.3, -0.25) is 4.98 Å². The van der Waals surface area contributed by atoms with Crippen molar-refractivity contribution in [2.75, 3.05) is 30.4 Å². The number of aromatic nitrogens is 2. The van der Waals surface area contributed by atoms with E-state index >= 15 is 0 Å². The molecule has 2 amide bonds. The summed E-state index contributed by atoms with van der Waals surface area (Å²) in [6, 6.07) is 10.8. The molecule has 4 rings (SSSR count). The van der Waals surface area contributed by atoms with Crippen LogP contribution in [0.2, 0.25) is 5.02 Å². The van der Waals surface area contributed by atoms with Gasteiger partial charge in [-0.05, 0) is 55.7 Å². The van der Waals surface area contributed by atoms with Crippen molar-refractivity contribution in [2.24, 2.45) is 0 Å². The van der Waals surface area contributed by atoms with E-state index in [1.54, 1.807) is 43.9 Å². The minimum Gasteiger partial charge on any atom is -0.497 e. The van der Waals surface area contributed by atoms with Gasteiger partial charge in [0, 0.05) is 37.6 Å². The molecule has 1 saturated heterocycles. The molecule has 2 aromatic heterocycles. The van der Waals surface area contributed by atoms with Crippen molar-refractivity contribution >= 4 is 29.1 Å². The molecular weight excluding hydrogens is 442 g/mol. The molecule has 1 aliphatic rings. The maximum Gasteiger partial charge on any atom is 0.319 e. The molecule has 8 nitrogen and oxygen atoms in total. The highest BCUT2D eigenvalue weighted by atomic mass is 35.5. The van der Waals surface area contributed by atoms with Crippen LogP contribution in [0.3, 0.4) is 0 Å². The largest absolute Gasteiger partial charge is 0.497 e. The third-order valence-electron chi connectivity index (χ3n) is 5.49. The fraction of sp³-hybridized carbons (Fsp3) is 0.292. The lowest BCUT2D eigenvalue weighted by molar-refractivity contribution is 0.246. The standard InChI is InChI=1S/C24H26ClN5O3/c1-16-14-19(32-2)5-6-20(16)33-21-7-11-27-23(22(21)25)30-12-8-17(9-13-30)28-24(31)29-18-4-3-10-26-15-18/h3-7,10-11,14-15,17H,8-9,12-13H2,1-2H3,(H2,28,29,31). The Bertz CT molecular complexity index is 1100. The highest BCUT2D eigenvalue weighted by Crippen LogP contribution is 2.37. The van der Waals surface area contributed by atoms with Gasteiger partial charge in [-0.1, -0.05) is 11.6 Å². The van der Waals surface area contributed by atoms with E-state index in [1.807, 2.05) is 25.1 Å². The Morgan fingerprint density at radius 1 is 1.15 bits per heavy atom. The van der Waals surface area contributed by atoms with Crippen molar-refractivity contribution in [3.05, 3.63) is 65.6 Å². The zero-order chi connectivity index (χ0) is 23.2. The molecule has 0 radical (unpaired) electrons. The number of rotatable bonds is 6. The highest BCUT2D eigenvalue weighted by molar-refractivity contribution is 6.34. The summed E-state index contributed by atoms with van der Waals surface area (Å²) in [5.74, 6) is 2.70. The van der Waals surface area contributed by atoms with Crippen molar-refractivity contribution < 1.29 is 14.3 Å². The third kappa shape index (κ3) is 5.64. The van der Waals surface area contributed by atoms with Gasteiger partial charge in [-0.25, -0.2) is 9.78 Å². The zero-order valence-electron chi connectivity index (χ0n) is 18.5. The summed E-state index contributed by atoms with van der Waals surface area (Å²) in [4.78, 5) is 22.9. The summed E-state index contributed by atoms with van der Waals surface area (Å²) in [5, 5.41) is 6.29. The van der Waals surface area contributed by atoms with Crippen molar-refractivity contribution in [1.82, 2.24) is 15.3 Å². The molecule has 1 fully saturated rings. The lowest BCUT2D eigenvalue weighted by Crippen LogP contribution is -2.46. The van der Waals surface area contributed by atoms with E-state index in [2.05, 4.69) is 25.5 Å². The van der Waals surface area contributed by atoms with Gasteiger partial charge in [0.2, 0.25) is 0 Å². The number of nitrogens with one attached hydrogen (secondary N) is 2. The fourth-order valence-corrected chi connectivity index (χ4v) is 3.99. The molecule has 0 unspecified atom stereocenters. The first-order valence-electron chi connectivity index (χ1n) is 10.7. The molecule has 3 aromatic rings. The minimum atomic E-state index is -0.233. The molecule has 0 spiro atoms. The van der Waals surface area contributed by atoms with E-state index in [-0.39, 0.29) is 12.1 Å². The van der Waals surface area contributed by atoms with Crippen LogP contribution in [0.4, 0.5) is 16.3 Å². The van der Waals surface area contributed by atoms with Crippen molar-refractivity contribution in [3.8, 4) is 17.2 Å². The second-order valence-electron chi connectivity index (χ2n) is 7.78. The number of ether oxygens (including phenoxy) is 2. The van der Waals surface area contributed by atoms with Gasteiger partial charge in [-0.15, -0.1) is 0 Å². The molecule has 3 heterocycles. The Hall–Kier alpha value is -3.52. The van der Waals surface area contributed by atoms with Crippen LogP contribution in [0.1, 0.15) is 18.4 Å². The second kappa shape index (κ2) is 10.4. The Morgan fingerprint density at radius 2 is 1.97 bits per heavy atom. The second-order valence-corrected chi connectivity index (χ2v) is 8.16. The van der Waals surface area contributed by atoms with Crippen LogP contribution in [-0.2, 0) is 0 Å². The summed E-state index contributed by atoms with van der Waals surface area (Å²) in [6.07, 6.45) is 6.53. The number of hydrogen-bond acceptors (Lipinski definition) is 6. The number of amides is 2. The maximum absolute atomic E-state index is 12.3. The van der Waals surface area contributed by atoms with Gasteiger partial charge in [0.15, 0.2) is 11.6 Å². The molecule has 0 aliphatic carbocycles. The van der Waals surface area contributed by atoms with Crippen LogP contribution >= 0.6 is 11.6 Å². The average Bonchev–Trinajstić information content (AvgIpc) is 2.83. The smallest absolute Gasteiger partial charge is 0.319 e. The lowest BCUT2D eigenvalue weighted by atomic mass is 10.1. The van der Waals surface area contributed by atoms with Crippen molar-refractivity contribution in [2.45, 2.75) is 25.8 Å². The van der Waals surface area contributed by atoms with Crippen LogP contribution < -0.4 is 25.0 Å². The molecule has 1 aliphatic heterocycles. The number of methoxy groups -OCH3 is 1. The Morgan fingerprint density at radius 3 is 2.67 bits per heavy atom. The van der Waals surface area contributed by atoms with E-state index < -0.39 is 0 Å². The summed E-state index contributed by atoms with van der Waals surface area (Å²) in [7, 11) is 1.63. The van der Waals surface area contributed by atoms with Gasteiger partial charge in [0.05, 0.1) is 19.0 Å². The number of pyridine rings is 2. The number of carbonyl (C=O) groups is 1. The monoisotopic (exact) mass is 467 g/mol. The van der Waals surface area contributed by atoms with E-state index in [9.17, 15) is 4.79 Å². The number of aryl methyl sites for hydroxylation is 1. The van der Waals surface area contributed by atoms with E-state index in [4.69, 9.17) is 21.1 Å². The number of halogens is 1. The van der Waals surface area contributed by atoms with Gasteiger partial charge in [-0.2, -0.15) is 0 Å². The first-order valence-corrected chi connectivity index (χ1v) is 11.1. The molecule has 0 saturated carbocycles. The molecule has 33 heavy (non-hydrogen) atoms. The molecular formula is C24H26ClN5O3. The molecule has 2 N–H and O–H groups in total. The maximum atomic E-state index is 12.3. The van der Waals surface area contributed by atoms with Crippen LogP contribution in [0.5, 0.6) is 17.2 Å². The number of anilines is 2. The molecule has 172 valence electrons. The molecule has 1 aromatic carbocycles. The first kappa shape index (κ1) is 22.7. The topological polar surface area (TPSA) is 88.6 Å². The van der Waals surface area contributed by atoms with Crippen molar-refractivity contribution in [3.63, 3.8) is 0 Å². The Kier molecular flexibility index (Phi) is 7.14. The third-order valence-corrected chi connectivity index (χ3v) is 5.84. The summed E-state index contributed by atoms with van der Waals surface area (Å²) < 4.78 is 11.3. The fourth-order valence-electron chi connectivity index (χ4n) is 3.72. The van der Waals surface area contributed by atoms with E-state index in [0.29, 0.717) is 28.0 Å². The number of piperidine rings is 1. The molecule has 0 atom stereocenters. The quantitative estimate of drug-likeness (QED) is 0.528. The lowest BCUT2D eigenvalue weighted by Gasteiger charge is -2.33. The van der Waals surface area contributed by atoms with Crippen LogP contribution in [0.25, 0.3) is 0 Å². The number of hydrogen-bond donors (Lipinski definition) is 2. The van der Waals surface area contributed by atoms with Gasteiger partial charge in [0.25, 0.3) is 0 Å². The zero-order valence-corrected chi connectivity index (χ0v) is 19.3. The first-order chi connectivity index (χ1) is 16.0. The van der Waals surface area contributed by atoms with Crippen LogP contribution in [0.15, 0.2) is 55.0 Å². The predicted octanol–water partition coefficient (Wildman–Crippen LogP) is 5.03. The average molecular weight is 468 g/mol. The Balaban J connectivity index is 1.36. The van der Waals surface area contributed by atoms with E-state index in [1.165, 1.54) is 0 Å². The molecule has 0 bridgehead atoms. The number of nitrogens with zero attached hydrogens (tertiary/aromatic N) is 3. The van der Waals surface area contributed by atoms with Crippen LogP contribution in [-0.4, -0.2) is 42.2 Å². The van der Waals surface area contributed by atoms with Gasteiger partial charge >= 0.3 is 6.03 Å². The summed E-state index contributed by atoms with van der Waals surface area (Å²) in [6.45, 7) is 3.39. The van der Waals surface area contributed by atoms with Gasteiger partial charge in [0.1, 0.15) is 16.5 Å². The van der Waals surface area contributed by atoms with Crippen molar-refractivity contribution in [1.29, 1.82) is 0 Å². The number of carbonyl (C=O) groups excluding carboxylic acids is 1. The minimum absolute atomic E-state index is 0.0677. The molecule has 9 heteroatoms. The Labute approximate surface area is 197 Å². The van der Waals surface area contributed by atoms with E-state index in [0.717, 1.165) is 37.2 Å².